The summed E-state index contributed by atoms with van der Waals surface area (Å²) in [7, 11) is 0. The minimum atomic E-state index is -0.326. The van der Waals surface area contributed by atoms with Crippen molar-refractivity contribution >= 4 is 39.4 Å². The first-order valence-corrected chi connectivity index (χ1v) is 10.2. The summed E-state index contributed by atoms with van der Waals surface area (Å²) in [6.07, 6.45) is 6.60. The molecule has 136 valence electrons. The van der Waals surface area contributed by atoms with Crippen LogP contribution in [-0.2, 0) is 9.53 Å². The molecule has 2 aliphatic rings. The topological polar surface area (TPSA) is 66.5 Å². The molecule has 0 atom stereocenters. The predicted molar refractivity (Wildman–Crippen MR) is 108 cm³/mol. The molecule has 5 nitrogen and oxygen atoms in total. The maximum atomic E-state index is 11.6. The molecule has 2 heterocycles. The van der Waals surface area contributed by atoms with Gasteiger partial charge < -0.3 is 15.0 Å². The molecule has 0 bridgehead atoms. The van der Waals surface area contributed by atoms with E-state index in [9.17, 15) is 4.79 Å². The van der Waals surface area contributed by atoms with Gasteiger partial charge in [-0.2, -0.15) is 0 Å². The summed E-state index contributed by atoms with van der Waals surface area (Å²) in [5, 5.41) is 5.78. The Bertz CT molecular complexity index is 878. The number of para-hydroxylation sites is 1. The molecule has 1 aliphatic heterocycles. The zero-order chi connectivity index (χ0) is 17.9. The van der Waals surface area contributed by atoms with Gasteiger partial charge in [-0.1, -0.05) is 36.7 Å². The molecule has 6 heteroatoms. The monoisotopic (exact) mass is 369 g/mol. The SMILES string of the molecule is CCOC(=O)/C=C1\CSC(c2cc3cccc(NC4CCCC4)c3[nH]2)=N1. The van der Waals surface area contributed by atoms with Crippen molar-refractivity contribution in [3.05, 3.63) is 41.7 Å². The third-order valence-electron chi connectivity index (χ3n) is 4.77. The average Bonchev–Trinajstić information content (AvgIpc) is 3.35. The van der Waals surface area contributed by atoms with Crippen LogP contribution in [0.25, 0.3) is 10.9 Å². The molecule has 4 rings (SSSR count). The Labute approximate surface area is 157 Å². The van der Waals surface area contributed by atoms with Crippen molar-refractivity contribution in [1.82, 2.24) is 4.98 Å². The molecule has 1 saturated carbocycles. The zero-order valence-corrected chi connectivity index (χ0v) is 15.7. The average molecular weight is 369 g/mol. The van der Waals surface area contributed by atoms with Crippen molar-refractivity contribution in [1.29, 1.82) is 0 Å². The second-order valence-corrected chi connectivity index (χ2v) is 7.64. The van der Waals surface area contributed by atoms with Crippen molar-refractivity contribution in [3.63, 3.8) is 0 Å². The molecule has 0 amide bonds. The number of hydrogen-bond acceptors (Lipinski definition) is 5. The second-order valence-electron chi connectivity index (χ2n) is 6.67. The van der Waals surface area contributed by atoms with E-state index in [-0.39, 0.29) is 5.97 Å². The number of anilines is 1. The smallest absolute Gasteiger partial charge is 0.332 e. The van der Waals surface area contributed by atoms with E-state index >= 15 is 0 Å². The highest BCUT2D eigenvalue weighted by Crippen LogP contribution is 2.31. The summed E-state index contributed by atoms with van der Waals surface area (Å²) in [5.41, 5.74) is 4.04. The summed E-state index contributed by atoms with van der Waals surface area (Å²) >= 11 is 1.64. The summed E-state index contributed by atoms with van der Waals surface area (Å²) in [6, 6.07) is 9.05. The third kappa shape index (κ3) is 3.65. The van der Waals surface area contributed by atoms with Crippen molar-refractivity contribution in [2.24, 2.45) is 4.99 Å². The fraction of sp³-hybridized carbons (Fsp3) is 0.400. The van der Waals surface area contributed by atoms with Crippen LogP contribution in [0.2, 0.25) is 0 Å². The standard InChI is InChI=1S/C20H23N3O2S/c1-2-25-18(24)11-15-12-26-20(22-15)17-10-13-6-5-9-16(19(13)23-17)21-14-7-3-4-8-14/h5-6,9-11,14,21,23H,2-4,7-8,12H2,1H3/b15-11+. The summed E-state index contributed by atoms with van der Waals surface area (Å²) in [5.74, 6) is 0.365. The summed E-state index contributed by atoms with van der Waals surface area (Å²) in [6.45, 7) is 2.18. The first-order chi connectivity index (χ1) is 12.7. The summed E-state index contributed by atoms with van der Waals surface area (Å²) in [4.78, 5) is 19.7. The molecule has 1 fully saturated rings. The van der Waals surface area contributed by atoms with Crippen LogP contribution >= 0.6 is 11.8 Å². The first-order valence-electron chi connectivity index (χ1n) is 9.20. The molecular weight excluding hydrogens is 346 g/mol. The molecule has 1 aromatic carbocycles. The molecule has 0 unspecified atom stereocenters. The number of carbonyl (C=O) groups is 1. The van der Waals surface area contributed by atoms with Gasteiger partial charge in [0.15, 0.2) is 0 Å². The number of esters is 1. The van der Waals surface area contributed by atoms with Gasteiger partial charge in [0.2, 0.25) is 0 Å². The maximum Gasteiger partial charge on any atom is 0.332 e. The fourth-order valence-electron chi connectivity index (χ4n) is 3.55. The first kappa shape index (κ1) is 17.2. The van der Waals surface area contributed by atoms with Gasteiger partial charge in [0.1, 0.15) is 5.04 Å². The number of nitrogens with zero attached hydrogens (tertiary/aromatic N) is 1. The summed E-state index contributed by atoms with van der Waals surface area (Å²) < 4.78 is 4.96. The van der Waals surface area contributed by atoms with Crippen LogP contribution in [0.3, 0.4) is 0 Å². The predicted octanol–water partition coefficient (Wildman–Crippen LogP) is 4.46. The van der Waals surface area contributed by atoms with E-state index < -0.39 is 0 Å². The number of hydrogen-bond donors (Lipinski definition) is 2. The number of aliphatic imine (C=N–C) groups is 1. The quantitative estimate of drug-likeness (QED) is 0.603. The number of aromatic nitrogens is 1. The molecular formula is C20H23N3O2S. The van der Waals surface area contributed by atoms with Gasteiger partial charge in [0.25, 0.3) is 0 Å². The normalized spacial score (nSPS) is 19.3. The van der Waals surface area contributed by atoms with Gasteiger partial charge >= 0.3 is 5.97 Å². The van der Waals surface area contributed by atoms with Gasteiger partial charge in [0.05, 0.1) is 29.2 Å². The van der Waals surface area contributed by atoms with Gasteiger partial charge in [0, 0.05) is 23.3 Å². The largest absolute Gasteiger partial charge is 0.463 e. The minimum Gasteiger partial charge on any atom is -0.463 e. The number of benzene rings is 1. The van der Waals surface area contributed by atoms with E-state index in [0.717, 1.165) is 27.6 Å². The Balaban J connectivity index is 1.58. The number of aromatic amines is 1. The number of thioether (sulfide) groups is 1. The molecule has 0 saturated heterocycles. The van der Waals surface area contributed by atoms with E-state index in [0.29, 0.717) is 18.4 Å². The van der Waals surface area contributed by atoms with Gasteiger partial charge in [-0.3, -0.25) is 0 Å². The Morgan fingerprint density at radius 2 is 2.27 bits per heavy atom. The van der Waals surface area contributed by atoms with Crippen LogP contribution in [-0.4, -0.2) is 34.4 Å². The number of H-pyrrole nitrogens is 1. The minimum absolute atomic E-state index is 0.326. The van der Waals surface area contributed by atoms with Gasteiger partial charge in [-0.25, -0.2) is 9.79 Å². The van der Waals surface area contributed by atoms with Crippen LogP contribution in [0.4, 0.5) is 5.69 Å². The highest BCUT2D eigenvalue weighted by molar-refractivity contribution is 8.14. The van der Waals surface area contributed by atoms with E-state index in [1.807, 2.05) is 0 Å². The maximum absolute atomic E-state index is 11.6. The van der Waals surface area contributed by atoms with Gasteiger partial charge in [-0.05, 0) is 31.9 Å². The molecule has 2 N–H and O–H groups in total. The van der Waals surface area contributed by atoms with Crippen LogP contribution < -0.4 is 5.32 Å². The Morgan fingerprint density at radius 3 is 3.08 bits per heavy atom. The number of fused-ring (bicyclic) bond motifs is 1. The lowest BCUT2D eigenvalue weighted by atomic mass is 10.2. The lowest BCUT2D eigenvalue weighted by Gasteiger charge is -2.14. The number of carbonyl (C=O) groups excluding carboxylic acids is 1. The number of nitrogens with one attached hydrogen (secondary N) is 2. The Kier molecular flexibility index (Phi) is 5.02. The van der Waals surface area contributed by atoms with E-state index in [1.54, 1.807) is 18.7 Å². The molecule has 0 spiro atoms. The van der Waals surface area contributed by atoms with E-state index in [4.69, 9.17) is 4.74 Å². The molecule has 2 aromatic rings. The number of ether oxygens (including phenoxy) is 1. The lowest BCUT2D eigenvalue weighted by molar-refractivity contribution is -0.137. The van der Waals surface area contributed by atoms with Crippen molar-refractivity contribution in [2.75, 3.05) is 17.7 Å². The second kappa shape index (κ2) is 7.58. The van der Waals surface area contributed by atoms with Crippen molar-refractivity contribution < 1.29 is 9.53 Å². The van der Waals surface area contributed by atoms with Crippen LogP contribution in [0.1, 0.15) is 38.3 Å². The highest BCUT2D eigenvalue weighted by atomic mass is 32.2. The van der Waals surface area contributed by atoms with Crippen LogP contribution in [0.5, 0.6) is 0 Å². The van der Waals surface area contributed by atoms with Crippen LogP contribution in [0.15, 0.2) is 41.0 Å². The molecule has 0 radical (unpaired) electrons. The zero-order valence-electron chi connectivity index (χ0n) is 14.9. The Morgan fingerprint density at radius 1 is 1.42 bits per heavy atom. The third-order valence-corrected chi connectivity index (χ3v) is 5.80. The molecule has 1 aromatic heterocycles. The molecule has 1 aliphatic carbocycles. The van der Waals surface area contributed by atoms with Crippen LogP contribution in [0, 0.1) is 0 Å². The molecule has 26 heavy (non-hydrogen) atoms. The van der Waals surface area contributed by atoms with Crippen molar-refractivity contribution in [3.8, 4) is 0 Å². The van der Waals surface area contributed by atoms with Gasteiger partial charge in [-0.15, -0.1) is 0 Å². The van der Waals surface area contributed by atoms with E-state index in [1.165, 1.54) is 37.1 Å². The fourth-order valence-corrected chi connectivity index (χ4v) is 4.43. The van der Waals surface area contributed by atoms with E-state index in [2.05, 4.69) is 39.6 Å². The highest BCUT2D eigenvalue weighted by Gasteiger charge is 2.19. The lowest BCUT2D eigenvalue weighted by Crippen LogP contribution is -2.14. The van der Waals surface area contributed by atoms with Crippen molar-refractivity contribution in [2.45, 2.75) is 38.6 Å². The Hall–Kier alpha value is -2.21. The number of rotatable bonds is 5.